The van der Waals surface area contributed by atoms with Crippen molar-refractivity contribution in [1.29, 1.82) is 0 Å². The lowest BCUT2D eigenvalue weighted by atomic mass is 9.92. The summed E-state index contributed by atoms with van der Waals surface area (Å²) in [5, 5.41) is 4.08. The third-order valence-corrected chi connectivity index (χ3v) is 5.91. The van der Waals surface area contributed by atoms with Crippen LogP contribution < -0.4 is 10.1 Å². The number of hydrogen-bond acceptors (Lipinski definition) is 2. The van der Waals surface area contributed by atoms with E-state index in [1.54, 1.807) is 35.2 Å². The van der Waals surface area contributed by atoms with Crippen molar-refractivity contribution >= 4 is 22.6 Å². The number of nitrogens with zero attached hydrogens (tertiary/aromatic N) is 1. The minimum Gasteiger partial charge on any atom is -0.494 e. The summed E-state index contributed by atoms with van der Waals surface area (Å²) in [5.41, 5.74) is 4.13. The number of urea groups is 1. The van der Waals surface area contributed by atoms with Gasteiger partial charge in [0.25, 0.3) is 0 Å². The number of halogens is 1. The van der Waals surface area contributed by atoms with Crippen LogP contribution in [0.4, 0.5) is 14.9 Å². The molecule has 32 heavy (non-hydrogen) atoms. The van der Waals surface area contributed by atoms with E-state index in [1.807, 2.05) is 37.3 Å². The second-order valence-electron chi connectivity index (χ2n) is 7.82. The van der Waals surface area contributed by atoms with Gasteiger partial charge in [-0.2, -0.15) is 0 Å². The molecule has 3 aromatic carbocycles. The van der Waals surface area contributed by atoms with Crippen molar-refractivity contribution in [2.75, 3.05) is 18.5 Å². The lowest BCUT2D eigenvalue weighted by molar-refractivity contribution is 0.192. The van der Waals surface area contributed by atoms with Gasteiger partial charge in [0.05, 0.1) is 6.61 Å². The normalized spacial score (nSPS) is 15.4. The van der Waals surface area contributed by atoms with Gasteiger partial charge in [0.1, 0.15) is 17.6 Å². The molecule has 1 aliphatic heterocycles. The third-order valence-electron chi connectivity index (χ3n) is 5.91. The quantitative estimate of drug-likeness (QED) is 0.425. The monoisotopic (exact) mass is 429 g/mol. The lowest BCUT2D eigenvalue weighted by Crippen LogP contribution is -2.43. The first-order valence-corrected chi connectivity index (χ1v) is 10.8. The summed E-state index contributed by atoms with van der Waals surface area (Å²) in [6.07, 6.45) is 0.695. The van der Waals surface area contributed by atoms with Crippen molar-refractivity contribution < 1.29 is 13.9 Å². The van der Waals surface area contributed by atoms with Gasteiger partial charge in [-0.25, -0.2) is 9.18 Å². The van der Waals surface area contributed by atoms with Gasteiger partial charge in [0, 0.05) is 34.4 Å². The highest BCUT2D eigenvalue weighted by Gasteiger charge is 2.36. The topological polar surface area (TPSA) is 57.4 Å². The maximum atomic E-state index is 14.9. The van der Waals surface area contributed by atoms with E-state index in [1.165, 1.54) is 6.07 Å². The first kappa shape index (κ1) is 20.1. The number of para-hydroxylation sites is 1. The van der Waals surface area contributed by atoms with Crippen LogP contribution in [0.1, 0.15) is 29.8 Å². The molecule has 0 radical (unpaired) electrons. The molecule has 1 aromatic heterocycles. The molecule has 4 aromatic rings. The minimum absolute atomic E-state index is 0.272. The van der Waals surface area contributed by atoms with Gasteiger partial charge >= 0.3 is 6.03 Å². The second-order valence-corrected chi connectivity index (χ2v) is 7.82. The molecule has 0 spiro atoms. The molecule has 6 heteroatoms. The van der Waals surface area contributed by atoms with Gasteiger partial charge in [-0.15, -0.1) is 0 Å². The smallest absolute Gasteiger partial charge is 0.322 e. The Morgan fingerprint density at radius 3 is 2.62 bits per heavy atom. The van der Waals surface area contributed by atoms with E-state index in [0.717, 1.165) is 27.9 Å². The molecule has 0 unspecified atom stereocenters. The fourth-order valence-electron chi connectivity index (χ4n) is 4.48. The van der Waals surface area contributed by atoms with Crippen LogP contribution in [0, 0.1) is 5.82 Å². The number of aromatic amines is 1. The highest BCUT2D eigenvalue weighted by atomic mass is 19.1. The standard InChI is InChI=1S/C26H24FN3O2/c1-2-32-18-13-11-17(12-14-18)28-26(31)30-16-15-20-19-7-4-6-10-23(19)29-24(20)25(30)21-8-3-5-9-22(21)27/h3-14,25,29H,2,15-16H2,1H3,(H,28,31)/t25-/m0/s1. The Hall–Kier alpha value is -3.80. The Morgan fingerprint density at radius 2 is 1.84 bits per heavy atom. The average Bonchev–Trinajstić information content (AvgIpc) is 3.19. The second kappa shape index (κ2) is 8.38. The summed E-state index contributed by atoms with van der Waals surface area (Å²) >= 11 is 0. The number of benzene rings is 3. The summed E-state index contributed by atoms with van der Waals surface area (Å²) in [5.74, 6) is 0.415. The van der Waals surface area contributed by atoms with Gasteiger partial charge in [-0.05, 0) is 55.3 Å². The van der Waals surface area contributed by atoms with Gasteiger partial charge in [0.2, 0.25) is 0 Å². The maximum absolute atomic E-state index is 14.9. The predicted octanol–water partition coefficient (Wildman–Crippen LogP) is 5.89. The largest absolute Gasteiger partial charge is 0.494 e. The SMILES string of the molecule is CCOc1ccc(NC(=O)N2CCc3c([nH]c4ccccc34)[C@@H]2c2ccccc2F)cc1. The third kappa shape index (κ3) is 3.58. The molecular formula is C26H24FN3O2. The summed E-state index contributed by atoms with van der Waals surface area (Å²) in [6, 6.07) is 21.1. The minimum atomic E-state index is -0.546. The summed E-state index contributed by atoms with van der Waals surface area (Å²) in [7, 11) is 0. The van der Waals surface area contributed by atoms with Gasteiger partial charge < -0.3 is 19.9 Å². The fraction of sp³-hybridized carbons (Fsp3) is 0.192. The molecule has 162 valence electrons. The molecule has 0 bridgehead atoms. The molecule has 0 fully saturated rings. The molecule has 1 aliphatic rings. The Labute approximate surface area is 185 Å². The molecule has 2 amide bonds. The van der Waals surface area contributed by atoms with Crippen LogP contribution in [0.2, 0.25) is 0 Å². The summed E-state index contributed by atoms with van der Waals surface area (Å²) in [6.45, 7) is 2.99. The van der Waals surface area contributed by atoms with Crippen molar-refractivity contribution in [2.45, 2.75) is 19.4 Å². The van der Waals surface area contributed by atoms with E-state index < -0.39 is 6.04 Å². The number of amides is 2. The Bertz CT molecular complexity index is 1270. The molecule has 2 heterocycles. The van der Waals surface area contributed by atoms with E-state index in [9.17, 15) is 9.18 Å². The Balaban J connectivity index is 1.52. The Morgan fingerprint density at radius 1 is 1.09 bits per heavy atom. The number of carbonyl (C=O) groups excluding carboxylic acids is 1. The van der Waals surface area contributed by atoms with Crippen molar-refractivity contribution in [3.63, 3.8) is 0 Å². The predicted molar refractivity (Wildman–Crippen MR) is 124 cm³/mol. The Kier molecular flexibility index (Phi) is 5.27. The number of H-pyrrole nitrogens is 1. The fourth-order valence-corrected chi connectivity index (χ4v) is 4.48. The van der Waals surface area contributed by atoms with Crippen molar-refractivity contribution in [2.24, 2.45) is 0 Å². The van der Waals surface area contributed by atoms with Crippen LogP contribution in [0.15, 0.2) is 72.8 Å². The van der Waals surface area contributed by atoms with Crippen molar-refractivity contribution in [3.8, 4) is 5.75 Å². The molecular weight excluding hydrogens is 405 g/mol. The number of aromatic nitrogens is 1. The number of rotatable bonds is 4. The molecule has 1 atom stereocenters. The van der Waals surface area contributed by atoms with Crippen LogP contribution in [0.3, 0.4) is 0 Å². The molecule has 0 saturated carbocycles. The van der Waals surface area contributed by atoms with E-state index in [2.05, 4.69) is 16.4 Å². The van der Waals surface area contributed by atoms with Gasteiger partial charge in [-0.1, -0.05) is 36.4 Å². The summed E-state index contributed by atoms with van der Waals surface area (Å²) < 4.78 is 20.4. The first-order valence-electron chi connectivity index (χ1n) is 10.8. The first-order chi connectivity index (χ1) is 15.7. The highest BCUT2D eigenvalue weighted by Crippen LogP contribution is 2.39. The summed E-state index contributed by atoms with van der Waals surface area (Å²) in [4.78, 5) is 18.5. The molecule has 0 aliphatic carbocycles. The molecule has 0 saturated heterocycles. The average molecular weight is 429 g/mol. The molecule has 2 N–H and O–H groups in total. The maximum Gasteiger partial charge on any atom is 0.322 e. The number of ether oxygens (including phenoxy) is 1. The van der Waals surface area contributed by atoms with E-state index in [0.29, 0.717) is 30.8 Å². The number of fused-ring (bicyclic) bond motifs is 3. The van der Waals surface area contributed by atoms with E-state index in [-0.39, 0.29) is 11.8 Å². The van der Waals surface area contributed by atoms with E-state index >= 15 is 0 Å². The van der Waals surface area contributed by atoms with Crippen LogP contribution in [0.25, 0.3) is 10.9 Å². The lowest BCUT2D eigenvalue weighted by Gasteiger charge is -2.36. The number of hydrogen-bond donors (Lipinski definition) is 2. The number of carbonyl (C=O) groups is 1. The van der Waals surface area contributed by atoms with Crippen molar-refractivity contribution in [1.82, 2.24) is 9.88 Å². The van der Waals surface area contributed by atoms with Crippen LogP contribution in [-0.4, -0.2) is 29.1 Å². The van der Waals surface area contributed by atoms with Crippen LogP contribution in [-0.2, 0) is 6.42 Å². The molecule has 5 nitrogen and oxygen atoms in total. The van der Waals surface area contributed by atoms with Gasteiger partial charge in [-0.3, -0.25) is 0 Å². The van der Waals surface area contributed by atoms with Gasteiger partial charge in [0.15, 0.2) is 0 Å². The molecule has 5 rings (SSSR count). The zero-order valence-corrected chi connectivity index (χ0v) is 17.8. The van der Waals surface area contributed by atoms with Crippen LogP contribution in [0.5, 0.6) is 5.75 Å². The number of nitrogens with one attached hydrogen (secondary N) is 2. The zero-order valence-electron chi connectivity index (χ0n) is 17.8. The number of anilines is 1. The van der Waals surface area contributed by atoms with Crippen molar-refractivity contribution in [3.05, 3.63) is 95.4 Å². The van der Waals surface area contributed by atoms with E-state index in [4.69, 9.17) is 4.74 Å². The van der Waals surface area contributed by atoms with Crippen LogP contribution >= 0.6 is 0 Å². The zero-order chi connectivity index (χ0) is 22.1. The highest BCUT2D eigenvalue weighted by molar-refractivity contribution is 5.91.